The number of aryl methyl sites for hydroxylation is 1. The van der Waals surface area contributed by atoms with Crippen LogP contribution in [-0.2, 0) is 0 Å². The first-order chi connectivity index (χ1) is 9.16. The molecule has 0 spiro atoms. The lowest BCUT2D eigenvalue weighted by molar-refractivity contribution is 0.171. The summed E-state index contributed by atoms with van der Waals surface area (Å²) in [5, 5.41) is 4.32. The molecule has 1 atom stereocenters. The molecule has 1 aromatic carbocycles. The molecule has 1 unspecified atom stereocenters. The fourth-order valence-corrected chi connectivity index (χ4v) is 2.23. The molecule has 0 aliphatic carbocycles. The first-order valence-corrected chi connectivity index (χ1v) is 6.36. The van der Waals surface area contributed by atoms with Crippen molar-refractivity contribution in [3.8, 4) is 11.5 Å². The van der Waals surface area contributed by atoms with E-state index in [1.165, 1.54) is 0 Å². The van der Waals surface area contributed by atoms with Crippen molar-refractivity contribution in [2.75, 3.05) is 18.9 Å². The molecule has 0 amide bonds. The van der Waals surface area contributed by atoms with Gasteiger partial charge in [0.2, 0.25) is 0 Å². The Morgan fingerprint density at radius 2 is 2.00 bits per heavy atom. The summed E-state index contributed by atoms with van der Waals surface area (Å²) in [6, 6.07) is 6.02. The van der Waals surface area contributed by atoms with Gasteiger partial charge in [-0.1, -0.05) is 6.07 Å². The summed E-state index contributed by atoms with van der Waals surface area (Å²) in [6.07, 6.45) is 1.78. The third kappa shape index (κ3) is 2.01. The molecule has 2 heterocycles. The summed E-state index contributed by atoms with van der Waals surface area (Å²) in [7, 11) is 0. The second-order valence-corrected chi connectivity index (χ2v) is 4.74. The predicted octanol–water partition coefficient (Wildman–Crippen LogP) is 2.15. The van der Waals surface area contributed by atoms with Crippen molar-refractivity contribution in [2.24, 2.45) is 0 Å². The third-order valence-corrected chi connectivity index (χ3v) is 3.44. The van der Waals surface area contributed by atoms with E-state index in [1.54, 1.807) is 6.20 Å². The van der Waals surface area contributed by atoms with Crippen molar-refractivity contribution in [2.45, 2.75) is 19.9 Å². The maximum absolute atomic E-state index is 6.02. The molecule has 0 radical (unpaired) electrons. The largest absolute Gasteiger partial charge is 0.486 e. The standard InChI is InChI=1S/C14H17N3O2/c1-9-8-16-17(14(9)15)10(2)11-3-4-12-13(7-11)19-6-5-18-12/h3-4,7-8,10H,5-6,15H2,1-2H3. The van der Waals surface area contributed by atoms with Crippen LogP contribution in [0.2, 0.25) is 0 Å². The van der Waals surface area contributed by atoms with Crippen LogP contribution in [0.3, 0.4) is 0 Å². The van der Waals surface area contributed by atoms with Gasteiger partial charge in [0.05, 0.1) is 12.2 Å². The van der Waals surface area contributed by atoms with Crippen LogP contribution >= 0.6 is 0 Å². The summed E-state index contributed by atoms with van der Waals surface area (Å²) in [5.74, 6) is 2.28. The Morgan fingerprint density at radius 3 is 2.68 bits per heavy atom. The summed E-state index contributed by atoms with van der Waals surface area (Å²) in [6.45, 7) is 5.21. The average Bonchev–Trinajstić information content (AvgIpc) is 2.78. The van der Waals surface area contributed by atoms with Gasteiger partial charge < -0.3 is 15.2 Å². The molecule has 0 fully saturated rings. The van der Waals surface area contributed by atoms with Gasteiger partial charge in [-0.05, 0) is 31.5 Å². The quantitative estimate of drug-likeness (QED) is 0.897. The molecule has 3 rings (SSSR count). The molecule has 1 aromatic heterocycles. The van der Waals surface area contributed by atoms with Gasteiger partial charge in [0.1, 0.15) is 19.0 Å². The highest BCUT2D eigenvalue weighted by Crippen LogP contribution is 2.34. The zero-order valence-electron chi connectivity index (χ0n) is 11.1. The zero-order chi connectivity index (χ0) is 13.4. The second-order valence-electron chi connectivity index (χ2n) is 4.74. The van der Waals surface area contributed by atoms with E-state index in [1.807, 2.05) is 29.8 Å². The number of fused-ring (bicyclic) bond motifs is 1. The number of nitrogen functional groups attached to an aromatic ring is 1. The van der Waals surface area contributed by atoms with Crippen molar-refractivity contribution < 1.29 is 9.47 Å². The molecule has 19 heavy (non-hydrogen) atoms. The number of aromatic nitrogens is 2. The number of nitrogens with two attached hydrogens (primary N) is 1. The minimum atomic E-state index is 0.0597. The topological polar surface area (TPSA) is 62.3 Å². The summed E-state index contributed by atoms with van der Waals surface area (Å²) in [5.41, 5.74) is 8.11. The molecule has 0 bridgehead atoms. The minimum absolute atomic E-state index is 0.0597. The highest BCUT2D eigenvalue weighted by molar-refractivity contribution is 5.46. The number of nitrogens with zero attached hydrogens (tertiary/aromatic N) is 2. The molecule has 1 aliphatic rings. The number of ether oxygens (including phenoxy) is 2. The van der Waals surface area contributed by atoms with Crippen LogP contribution in [0.25, 0.3) is 0 Å². The molecular formula is C14H17N3O2. The first kappa shape index (κ1) is 11.9. The van der Waals surface area contributed by atoms with Crippen LogP contribution in [0.5, 0.6) is 11.5 Å². The van der Waals surface area contributed by atoms with Gasteiger partial charge in [-0.3, -0.25) is 0 Å². The van der Waals surface area contributed by atoms with Crippen molar-refractivity contribution >= 4 is 5.82 Å². The second kappa shape index (κ2) is 4.50. The predicted molar refractivity (Wildman–Crippen MR) is 72.6 cm³/mol. The average molecular weight is 259 g/mol. The maximum Gasteiger partial charge on any atom is 0.161 e. The lowest BCUT2D eigenvalue weighted by Gasteiger charge is -2.21. The normalized spacial score (nSPS) is 15.3. The Morgan fingerprint density at radius 1 is 1.26 bits per heavy atom. The number of benzene rings is 1. The van der Waals surface area contributed by atoms with Gasteiger partial charge in [-0.25, -0.2) is 4.68 Å². The molecule has 0 saturated heterocycles. The van der Waals surface area contributed by atoms with Crippen LogP contribution in [0, 0.1) is 6.92 Å². The maximum atomic E-state index is 6.02. The van der Waals surface area contributed by atoms with Gasteiger partial charge in [-0.2, -0.15) is 5.10 Å². The van der Waals surface area contributed by atoms with Crippen molar-refractivity contribution in [3.05, 3.63) is 35.5 Å². The van der Waals surface area contributed by atoms with Gasteiger partial charge in [0.25, 0.3) is 0 Å². The van der Waals surface area contributed by atoms with Crippen LogP contribution in [0.1, 0.15) is 24.1 Å². The number of rotatable bonds is 2. The molecule has 5 nitrogen and oxygen atoms in total. The first-order valence-electron chi connectivity index (χ1n) is 6.36. The number of hydrogen-bond acceptors (Lipinski definition) is 4. The molecule has 100 valence electrons. The molecule has 1 aliphatic heterocycles. The Hall–Kier alpha value is -2.17. The fraction of sp³-hybridized carbons (Fsp3) is 0.357. The van der Waals surface area contributed by atoms with Crippen LogP contribution in [-0.4, -0.2) is 23.0 Å². The van der Waals surface area contributed by atoms with E-state index in [9.17, 15) is 0 Å². The fourth-order valence-electron chi connectivity index (χ4n) is 2.23. The Balaban J connectivity index is 1.95. The summed E-state index contributed by atoms with van der Waals surface area (Å²) < 4.78 is 12.9. The Kier molecular flexibility index (Phi) is 2.81. The minimum Gasteiger partial charge on any atom is -0.486 e. The van der Waals surface area contributed by atoms with E-state index in [4.69, 9.17) is 15.2 Å². The van der Waals surface area contributed by atoms with Crippen molar-refractivity contribution in [1.82, 2.24) is 9.78 Å². The molecule has 5 heteroatoms. The molecule has 2 N–H and O–H groups in total. The zero-order valence-corrected chi connectivity index (χ0v) is 11.1. The Labute approximate surface area is 111 Å². The lowest BCUT2D eigenvalue weighted by atomic mass is 10.1. The van der Waals surface area contributed by atoms with Crippen LogP contribution in [0.15, 0.2) is 24.4 Å². The van der Waals surface area contributed by atoms with Crippen LogP contribution in [0.4, 0.5) is 5.82 Å². The number of hydrogen-bond donors (Lipinski definition) is 1. The highest BCUT2D eigenvalue weighted by Gasteiger charge is 2.17. The monoisotopic (exact) mass is 259 g/mol. The third-order valence-electron chi connectivity index (χ3n) is 3.44. The smallest absolute Gasteiger partial charge is 0.161 e. The van der Waals surface area contributed by atoms with E-state index >= 15 is 0 Å². The van der Waals surface area contributed by atoms with Gasteiger partial charge in [0.15, 0.2) is 11.5 Å². The Bertz CT molecular complexity index is 607. The van der Waals surface area contributed by atoms with Gasteiger partial charge in [-0.15, -0.1) is 0 Å². The molecule has 0 saturated carbocycles. The van der Waals surface area contributed by atoms with E-state index in [-0.39, 0.29) is 6.04 Å². The number of anilines is 1. The van der Waals surface area contributed by atoms with E-state index < -0.39 is 0 Å². The van der Waals surface area contributed by atoms with Gasteiger partial charge >= 0.3 is 0 Å². The van der Waals surface area contributed by atoms with E-state index in [2.05, 4.69) is 12.0 Å². The SMILES string of the molecule is Cc1cnn(C(C)c2ccc3c(c2)OCCO3)c1N. The summed E-state index contributed by atoms with van der Waals surface area (Å²) in [4.78, 5) is 0. The lowest BCUT2D eigenvalue weighted by Crippen LogP contribution is -2.16. The van der Waals surface area contributed by atoms with Gasteiger partial charge in [0, 0.05) is 5.56 Å². The van der Waals surface area contributed by atoms with Crippen molar-refractivity contribution in [1.29, 1.82) is 0 Å². The van der Waals surface area contributed by atoms with Crippen molar-refractivity contribution in [3.63, 3.8) is 0 Å². The van der Waals surface area contributed by atoms with E-state index in [0.29, 0.717) is 19.0 Å². The summed E-state index contributed by atoms with van der Waals surface area (Å²) >= 11 is 0. The highest BCUT2D eigenvalue weighted by atomic mass is 16.6. The van der Waals surface area contributed by atoms with Crippen LogP contribution < -0.4 is 15.2 Å². The molecular weight excluding hydrogens is 242 g/mol. The molecule has 2 aromatic rings. The van der Waals surface area contributed by atoms with E-state index in [0.717, 1.165) is 22.6 Å².